The van der Waals surface area contributed by atoms with Gasteiger partial charge in [0.2, 0.25) is 6.04 Å². The van der Waals surface area contributed by atoms with Crippen molar-refractivity contribution in [2.75, 3.05) is 26.3 Å². The molecule has 1 aromatic carbocycles. The van der Waals surface area contributed by atoms with E-state index >= 15 is 0 Å². The quantitative estimate of drug-likeness (QED) is 0.478. The van der Waals surface area contributed by atoms with Crippen molar-refractivity contribution in [3.8, 4) is 0 Å². The molecule has 3 rings (SSSR count). The number of carbonyl (C=O) groups excluding carboxylic acids is 2. The third-order valence-electron chi connectivity index (χ3n) is 5.25. The van der Waals surface area contributed by atoms with Gasteiger partial charge in [-0.05, 0) is 25.0 Å². The van der Waals surface area contributed by atoms with Crippen molar-refractivity contribution >= 4 is 47.4 Å². The van der Waals surface area contributed by atoms with E-state index < -0.39 is 17.8 Å². The van der Waals surface area contributed by atoms with E-state index in [1.807, 2.05) is 0 Å². The van der Waals surface area contributed by atoms with Crippen LogP contribution >= 0.6 is 24.0 Å². The van der Waals surface area contributed by atoms with Gasteiger partial charge < -0.3 is 10.5 Å². The zero-order valence-corrected chi connectivity index (χ0v) is 18.1. The number of amidine groups is 1. The molecule has 0 bridgehead atoms. The van der Waals surface area contributed by atoms with Crippen LogP contribution in [0.2, 0.25) is 0 Å². The van der Waals surface area contributed by atoms with E-state index in [4.69, 9.17) is 10.5 Å². The zero-order chi connectivity index (χ0) is 19.3. The van der Waals surface area contributed by atoms with Crippen molar-refractivity contribution in [1.29, 1.82) is 0 Å². The molecule has 7 nitrogen and oxygen atoms in total. The SMILES string of the molecule is I.NC(=O)C1COCC[N+]1(C(=O)NC1=NCCCCCC1)c1ccc(F)cc1. The molecule has 0 aromatic heterocycles. The molecule has 2 aliphatic heterocycles. The van der Waals surface area contributed by atoms with Crippen LogP contribution in [-0.4, -0.2) is 50.1 Å². The number of aliphatic imine (C=N–C) groups is 1. The summed E-state index contributed by atoms with van der Waals surface area (Å²) in [6.07, 6.45) is 4.88. The Kier molecular flexibility index (Phi) is 8.32. The van der Waals surface area contributed by atoms with Crippen LogP contribution in [0.4, 0.5) is 14.9 Å². The maximum absolute atomic E-state index is 13.4. The number of hydrogen-bond donors (Lipinski definition) is 2. The number of morpholine rings is 1. The normalized spacial score (nSPS) is 25.5. The van der Waals surface area contributed by atoms with Crippen LogP contribution in [-0.2, 0) is 9.53 Å². The molecular formula is C19H27FIN4O3+. The predicted octanol–water partition coefficient (Wildman–Crippen LogP) is 2.71. The van der Waals surface area contributed by atoms with Crippen LogP contribution in [0, 0.1) is 5.82 Å². The first kappa shape index (κ1) is 22.7. The van der Waals surface area contributed by atoms with Crippen LogP contribution in [0.1, 0.15) is 32.1 Å². The lowest BCUT2D eigenvalue weighted by atomic mass is 10.1. The van der Waals surface area contributed by atoms with Gasteiger partial charge in [-0.15, -0.1) is 24.0 Å². The fraction of sp³-hybridized carbons (Fsp3) is 0.526. The van der Waals surface area contributed by atoms with Crippen molar-refractivity contribution in [2.45, 2.75) is 38.1 Å². The minimum absolute atomic E-state index is 0. The molecule has 154 valence electrons. The molecule has 3 amide bonds. The van der Waals surface area contributed by atoms with Gasteiger partial charge in [0.05, 0.1) is 6.61 Å². The monoisotopic (exact) mass is 505 g/mol. The van der Waals surface area contributed by atoms with Gasteiger partial charge in [-0.1, -0.05) is 12.8 Å². The zero-order valence-electron chi connectivity index (χ0n) is 15.7. The highest BCUT2D eigenvalue weighted by molar-refractivity contribution is 14.0. The van der Waals surface area contributed by atoms with Crippen molar-refractivity contribution < 1.29 is 18.7 Å². The van der Waals surface area contributed by atoms with Gasteiger partial charge in [0.25, 0.3) is 5.91 Å². The lowest BCUT2D eigenvalue weighted by Crippen LogP contribution is -2.72. The molecule has 0 saturated carbocycles. The predicted molar refractivity (Wildman–Crippen MR) is 116 cm³/mol. The Morgan fingerprint density at radius 1 is 1.18 bits per heavy atom. The number of quaternary nitrogens is 1. The maximum Gasteiger partial charge on any atom is 0.427 e. The van der Waals surface area contributed by atoms with Crippen molar-refractivity contribution in [3.63, 3.8) is 0 Å². The minimum Gasteiger partial charge on any atom is -0.369 e. The molecule has 1 aromatic rings. The second kappa shape index (κ2) is 10.3. The summed E-state index contributed by atoms with van der Waals surface area (Å²) < 4.78 is 18.5. The lowest BCUT2D eigenvalue weighted by Gasteiger charge is -2.42. The Balaban J connectivity index is 0.00000280. The van der Waals surface area contributed by atoms with Gasteiger partial charge in [-0.2, -0.15) is 4.48 Å². The second-order valence-corrected chi connectivity index (χ2v) is 6.98. The number of halogens is 2. The average Bonchev–Trinajstić information content (AvgIpc) is 2.64. The molecule has 2 unspecified atom stereocenters. The van der Waals surface area contributed by atoms with E-state index in [1.165, 1.54) is 24.3 Å². The summed E-state index contributed by atoms with van der Waals surface area (Å²) in [5, 5.41) is 2.92. The van der Waals surface area contributed by atoms with E-state index in [-0.39, 0.29) is 47.6 Å². The van der Waals surface area contributed by atoms with Crippen LogP contribution < -0.4 is 15.5 Å². The molecule has 2 atom stereocenters. The third kappa shape index (κ3) is 4.87. The number of carbonyl (C=O) groups is 2. The first-order chi connectivity index (χ1) is 13.0. The topological polar surface area (TPSA) is 93.8 Å². The highest BCUT2D eigenvalue weighted by atomic mass is 127. The number of nitrogens with two attached hydrogens (primary N) is 1. The van der Waals surface area contributed by atoms with E-state index in [9.17, 15) is 14.0 Å². The van der Waals surface area contributed by atoms with Gasteiger partial charge in [-0.25, -0.2) is 9.18 Å². The highest BCUT2D eigenvalue weighted by Gasteiger charge is 2.52. The highest BCUT2D eigenvalue weighted by Crippen LogP contribution is 2.30. The maximum atomic E-state index is 13.4. The number of nitrogens with zero attached hydrogens (tertiary/aromatic N) is 2. The number of ether oxygens (including phenoxy) is 1. The standard InChI is InChI=1S/C19H25FN4O3.HI/c20-14-6-8-15(9-7-14)24(11-12-27-13-16(24)18(21)25)19(26)23-17-5-3-1-2-4-10-22-17;/h6-9,16H,1-5,10-13H2,(H2-,21,22,23,25,26);1H/p+1. The fourth-order valence-corrected chi connectivity index (χ4v) is 3.74. The molecule has 2 aliphatic rings. The Bertz CT molecular complexity index is 728. The van der Waals surface area contributed by atoms with E-state index in [1.54, 1.807) is 0 Å². The number of primary amides is 1. The second-order valence-electron chi connectivity index (χ2n) is 6.98. The Labute approximate surface area is 181 Å². The van der Waals surface area contributed by atoms with Gasteiger partial charge in [-0.3, -0.25) is 15.1 Å². The number of urea groups is 1. The van der Waals surface area contributed by atoms with E-state index in [0.717, 1.165) is 25.7 Å². The number of hydrogen-bond acceptors (Lipinski definition) is 4. The molecule has 0 aliphatic carbocycles. The first-order valence-electron chi connectivity index (χ1n) is 9.40. The molecular weight excluding hydrogens is 478 g/mol. The van der Waals surface area contributed by atoms with Crippen LogP contribution in [0.25, 0.3) is 0 Å². The Morgan fingerprint density at radius 3 is 2.61 bits per heavy atom. The largest absolute Gasteiger partial charge is 0.427 e. The molecule has 0 radical (unpaired) electrons. The molecule has 1 saturated heterocycles. The summed E-state index contributed by atoms with van der Waals surface area (Å²) in [5.74, 6) is -0.409. The number of amides is 3. The Morgan fingerprint density at radius 2 is 1.89 bits per heavy atom. The smallest absolute Gasteiger partial charge is 0.369 e. The number of benzene rings is 1. The van der Waals surface area contributed by atoms with Crippen LogP contribution in [0.15, 0.2) is 29.3 Å². The minimum atomic E-state index is -0.890. The van der Waals surface area contributed by atoms with Crippen molar-refractivity contribution in [3.05, 3.63) is 30.1 Å². The molecule has 2 heterocycles. The van der Waals surface area contributed by atoms with Crippen LogP contribution in [0.3, 0.4) is 0 Å². The van der Waals surface area contributed by atoms with Crippen LogP contribution in [0.5, 0.6) is 0 Å². The van der Waals surface area contributed by atoms with Gasteiger partial charge in [0.1, 0.15) is 30.5 Å². The van der Waals surface area contributed by atoms with Crippen molar-refractivity contribution in [1.82, 2.24) is 9.80 Å². The van der Waals surface area contributed by atoms with Gasteiger partial charge in [0.15, 0.2) is 0 Å². The van der Waals surface area contributed by atoms with E-state index in [0.29, 0.717) is 31.1 Å². The first-order valence-corrected chi connectivity index (χ1v) is 9.40. The average molecular weight is 505 g/mol. The molecule has 1 fully saturated rings. The van der Waals surface area contributed by atoms with Gasteiger partial charge >= 0.3 is 6.03 Å². The molecule has 28 heavy (non-hydrogen) atoms. The lowest BCUT2D eigenvalue weighted by molar-refractivity contribution is -0.126. The summed E-state index contributed by atoms with van der Waals surface area (Å²) in [7, 11) is 0. The molecule has 3 N–H and O–H groups in total. The Hall–Kier alpha value is -1.59. The van der Waals surface area contributed by atoms with Crippen molar-refractivity contribution in [2.24, 2.45) is 10.7 Å². The summed E-state index contributed by atoms with van der Waals surface area (Å²) >= 11 is 0. The molecule has 9 heteroatoms. The summed E-state index contributed by atoms with van der Waals surface area (Å²) in [6, 6.07) is 4.34. The van der Waals surface area contributed by atoms with E-state index in [2.05, 4.69) is 10.3 Å². The third-order valence-corrected chi connectivity index (χ3v) is 5.25. The summed E-state index contributed by atoms with van der Waals surface area (Å²) in [4.78, 5) is 30.1. The number of rotatable bonds is 2. The van der Waals surface area contributed by atoms with Gasteiger partial charge in [0, 0.05) is 25.1 Å². The fourth-order valence-electron chi connectivity index (χ4n) is 3.74. The molecule has 0 spiro atoms. The summed E-state index contributed by atoms with van der Waals surface area (Å²) in [6.45, 7) is 1.24. The number of nitrogens with one attached hydrogen (secondary N) is 1. The summed E-state index contributed by atoms with van der Waals surface area (Å²) in [5.41, 5.74) is 6.11.